The molecule has 0 radical (unpaired) electrons. The van der Waals surface area contributed by atoms with Gasteiger partial charge in [0.05, 0.1) is 17.2 Å². The zero-order valence-electron chi connectivity index (χ0n) is 20.9. The first-order valence-corrected chi connectivity index (χ1v) is 14.3. The Morgan fingerprint density at radius 2 is 1.76 bits per heavy atom. The molecule has 2 aromatic carbocycles. The number of fused-ring (bicyclic) bond motifs is 1. The average Bonchev–Trinajstić information content (AvgIpc) is 3.31. The van der Waals surface area contributed by atoms with Gasteiger partial charge < -0.3 is 15.3 Å². The van der Waals surface area contributed by atoms with Crippen molar-refractivity contribution in [3.8, 4) is 0 Å². The zero-order valence-corrected chi connectivity index (χ0v) is 21.7. The Labute approximate surface area is 217 Å². The zero-order chi connectivity index (χ0) is 25.8. The van der Waals surface area contributed by atoms with Gasteiger partial charge in [-0.1, -0.05) is 24.3 Å². The molecule has 1 aliphatic rings. The highest BCUT2D eigenvalue weighted by atomic mass is 32.2. The Morgan fingerprint density at radius 3 is 2.49 bits per heavy atom. The number of aromatic nitrogens is 3. The highest BCUT2D eigenvalue weighted by molar-refractivity contribution is 7.90. The summed E-state index contributed by atoms with van der Waals surface area (Å²) in [7, 11) is -3.21. The van der Waals surface area contributed by atoms with Crippen molar-refractivity contribution in [2.75, 3.05) is 55.8 Å². The van der Waals surface area contributed by atoms with Gasteiger partial charge in [0, 0.05) is 63.8 Å². The molecule has 1 aliphatic heterocycles. The summed E-state index contributed by atoms with van der Waals surface area (Å²) in [5.74, 6) is 0.747. The van der Waals surface area contributed by atoms with Crippen molar-refractivity contribution < 1.29 is 13.5 Å². The smallest absolute Gasteiger partial charge is 0.178 e. The van der Waals surface area contributed by atoms with Crippen LogP contribution in [0.3, 0.4) is 0 Å². The third kappa shape index (κ3) is 6.10. The fourth-order valence-electron chi connectivity index (χ4n) is 4.63. The first kappa shape index (κ1) is 25.2. The molecule has 0 aliphatic carbocycles. The number of sulfone groups is 1. The van der Waals surface area contributed by atoms with Gasteiger partial charge in [-0.3, -0.25) is 4.90 Å². The SMILES string of the molecule is CS(=O)(=O)c1ccc(CNc2cccn3nc(Cc4cccc(N5CCN(CCO)CC5)c4)nc23)cc1. The number of nitrogens with zero attached hydrogens (tertiary/aromatic N) is 5. The van der Waals surface area contributed by atoms with Gasteiger partial charge in [0.1, 0.15) is 0 Å². The van der Waals surface area contributed by atoms with Crippen LogP contribution in [-0.2, 0) is 22.8 Å². The molecule has 3 heterocycles. The number of aliphatic hydroxyl groups excluding tert-OH is 1. The number of β-amino-alcohol motifs (C(OH)–C–C–N with tert-alkyl or cyclic N) is 1. The minimum absolute atomic E-state index is 0.206. The molecule has 194 valence electrons. The Morgan fingerprint density at radius 1 is 0.973 bits per heavy atom. The lowest BCUT2D eigenvalue weighted by molar-refractivity contribution is 0.189. The summed E-state index contributed by atoms with van der Waals surface area (Å²) >= 11 is 0. The Kier molecular flexibility index (Phi) is 7.40. The summed E-state index contributed by atoms with van der Waals surface area (Å²) < 4.78 is 25.2. The van der Waals surface area contributed by atoms with Crippen LogP contribution in [0.4, 0.5) is 11.4 Å². The number of rotatable bonds is 9. The molecule has 9 nitrogen and oxygen atoms in total. The molecule has 0 amide bonds. The van der Waals surface area contributed by atoms with Gasteiger partial charge in [0.15, 0.2) is 21.3 Å². The summed E-state index contributed by atoms with van der Waals surface area (Å²) in [5, 5.41) is 17.3. The van der Waals surface area contributed by atoms with Gasteiger partial charge in [0.2, 0.25) is 0 Å². The third-order valence-electron chi connectivity index (χ3n) is 6.67. The van der Waals surface area contributed by atoms with E-state index in [1.54, 1.807) is 16.6 Å². The van der Waals surface area contributed by atoms with E-state index < -0.39 is 9.84 Å². The summed E-state index contributed by atoms with van der Waals surface area (Å²) in [6, 6.07) is 19.3. The summed E-state index contributed by atoms with van der Waals surface area (Å²) in [6.07, 6.45) is 3.73. The second kappa shape index (κ2) is 10.9. The molecule has 37 heavy (non-hydrogen) atoms. The maximum Gasteiger partial charge on any atom is 0.178 e. The number of pyridine rings is 1. The van der Waals surface area contributed by atoms with Gasteiger partial charge >= 0.3 is 0 Å². The molecule has 0 saturated carbocycles. The molecule has 0 unspecified atom stereocenters. The van der Waals surface area contributed by atoms with Gasteiger partial charge in [-0.15, -0.1) is 0 Å². The number of benzene rings is 2. The summed E-state index contributed by atoms with van der Waals surface area (Å²) in [5.41, 5.74) is 4.95. The molecule has 10 heteroatoms. The average molecular weight is 521 g/mol. The summed E-state index contributed by atoms with van der Waals surface area (Å²) in [4.78, 5) is 9.80. The van der Waals surface area contributed by atoms with Crippen LogP contribution in [0.25, 0.3) is 5.65 Å². The number of aliphatic hydroxyl groups is 1. The molecular formula is C27H32N6O3S. The molecule has 2 N–H and O–H groups in total. The van der Waals surface area contributed by atoms with Crippen LogP contribution in [0.15, 0.2) is 71.8 Å². The van der Waals surface area contributed by atoms with Crippen molar-refractivity contribution in [2.24, 2.45) is 0 Å². The number of piperazine rings is 1. The Hall–Kier alpha value is -3.47. The van der Waals surface area contributed by atoms with Gasteiger partial charge in [-0.05, 0) is 47.5 Å². The van der Waals surface area contributed by atoms with Gasteiger partial charge in [-0.2, -0.15) is 5.10 Å². The quantitative estimate of drug-likeness (QED) is 0.347. The van der Waals surface area contributed by atoms with E-state index in [0.717, 1.165) is 61.0 Å². The molecule has 1 saturated heterocycles. The van der Waals surface area contributed by atoms with E-state index in [0.29, 0.717) is 17.9 Å². The largest absolute Gasteiger partial charge is 0.395 e. The van der Waals surface area contributed by atoms with Crippen molar-refractivity contribution in [1.29, 1.82) is 0 Å². The standard InChI is InChI=1S/C27H32N6O3S/c1-37(35,36)24-9-7-21(8-10-24)20-28-25-6-3-11-33-27(25)29-26(30-33)19-22-4-2-5-23(18-22)32-14-12-31(13-15-32)16-17-34/h2-11,18,28,34H,12-17,19-20H2,1H3. The second-order valence-electron chi connectivity index (χ2n) is 9.39. The topological polar surface area (TPSA) is 103 Å². The number of nitrogens with one attached hydrogen (secondary N) is 1. The van der Waals surface area contributed by atoms with Crippen molar-refractivity contribution >= 4 is 26.9 Å². The summed E-state index contributed by atoms with van der Waals surface area (Å²) in [6.45, 7) is 5.29. The Bertz CT molecular complexity index is 1460. The van der Waals surface area contributed by atoms with E-state index in [4.69, 9.17) is 4.98 Å². The van der Waals surface area contributed by atoms with E-state index in [1.165, 1.54) is 11.9 Å². The molecule has 5 rings (SSSR count). The van der Waals surface area contributed by atoms with E-state index >= 15 is 0 Å². The number of hydrogen-bond acceptors (Lipinski definition) is 8. The predicted octanol–water partition coefficient (Wildman–Crippen LogP) is 2.45. The normalized spacial score (nSPS) is 14.8. The maximum absolute atomic E-state index is 11.7. The van der Waals surface area contributed by atoms with Crippen LogP contribution in [0, 0.1) is 0 Å². The predicted molar refractivity (Wildman–Crippen MR) is 145 cm³/mol. The minimum Gasteiger partial charge on any atom is -0.395 e. The van der Waals surface area contributed by atoms with Crippen molar-refractivity contribution in [1.82, 2.24) is 19.5 Å². The van der Waals surface area contributed by atoms with Crippen LogP contribution in [0.2, 0.25) is 0 Å². The van der Waals surface area contributed by atoms with Crippen LogP contribution in [-0.4, -0.2) is 78.6 Å². The first-order chi connectivity index (χ1) is 17.9. The van der Waals surface area contributed by atoms with Crippen LogP contribution < -0.4 is 10.2 Å². The molecule has 0 spiro atoms. The monoisotopic (exact) mass is 520 g/mol. The highest BCUT2D eigenvalue weighted by Crippen LogP contribution is 2.21. The number of hydrogen-bond donors (Lipinski definition) is 2. The third-order valence-corrected chi connectivity index (χ3v) is 7.80. The lowest BCUT2D eigenvalue weighted by Crippen LogP contribution is -2.47. The second-order valence-corrected chi connectivity index (χ2v) is 11.4. The molecule has 2 aromatic heterocycles. The molecule has 4 aromatic rings. The first-order valence-electron chi connectivity index (χ1n) is 12.4. The lowest BCUT2D eigenvalue weighted by atomic mass is 10.1. The van der Waals surface area contributed by atoms with Crippen LogP contribution in [0.1, 0.15) is 17.0 Å². The number of anilines is 2. The van der Waals surface area contributed by atoms with Crippen molar-refractivity contribution in [2.45, 2.75) is 17.9 Å². The molecule has 0 bridgehead atoms. The molecular weight excluding hydrogens is 488 g/mol. The highest BCUT2D eigenvalue weighted by Gasteiger charge is 2.17. The van der Waals surface area contributed by atoms with Gasteiger partial charge in [-0.25, -0.2) is 17.9 Å². The molecule has 0 atom stereocenters. The lowest BCUT2D eigenvalue weighted by Gasteiger charge is -2.36. The van der Waals surface area contributed by atoms with E-state index in [2.05, 4.69) is 44.5 Å². The van der Waals surface area contributed by atoms with Gasteiger partial charge in [0.25, 0.3) is 0 Å². The van der Waals surface area contributed by atoms with E-state index in [9.17, 15) is 13.5 Å². The van der Waals surface area contributed by atoms with E-state index in [1.807, 2.05) is 30.5 Å². The van der Waals surface area contributed by atoms with E-state index in [-0.39, 0.29) is 6.61 Å². The van der Waals surface area contributed by atoms with Crippen molar-refractivity contribution in [3.05, 3.63) is 83.8 Å². The minimum atomic E-state index is -3.21. The fraction of sp³-hybridized carbons (Fsp3) is 0.333. The Balaban J connectivity index is 1.26. The van der Waals surface area contributed by atoms with Crippen LogP contribution >= 0.6 is 0 Å². The molecule has 1 fully saturated rings. The maximum atomic E-state index is 11.7. The van der Waals surface area contributed by atoms with Crippen LogP contribution in [0.5, 0.6) is 0 Å². The van der Waals surface area contributed by atoms with Crippen molar-refractivity contribution in [3.63, 3.8) is 0 Å². The fourth-order valence-corrected chi connectivity index (χ4v) is 5.26.